The SMILES string of the molecule is Cc1nn(C)c(C)c1OCC(=O)NC(C(=O)O)c1ccc(Cl)cc1. The van der Waals surface area contributed by atoms with Gasteiger partial charge in [0, 0.05) is 12.1 Å². The van der Waals surface area contributed by atoms with E-state index in [1.165, 1.54) is 0 Å². The van der Waals surface area contributed by atoms with Gasteiger partial charge in [-0.15, -0.1) is 0 Å². The molecule has 0 radical (unpaired) electrons. The molecule has 1 aromatic carbocycles. The van der Waals surface area contributed by atoms with Crippen molar-refractivity contribution >= 4 is 23.5 Å². The highest BCUT2D eigenvalue weighted by atomic mass is 35.5. The van der Waals surface area contributed by atoms with E-state index in [9.17, 15) is 14.7 Å². The van der Waals surface area contributed by atoms with E-state index in [2.05, 4.69) is 10.4 Å². The molecule has 0 saturated heterocycles. The van der Waals surface area contributed by atoms with E-state index in [0.717, 1.165) is 5.69 Å². The third-order valence-electron chi connectivity index (χ3n) is 3.55. The number of nitrogens with zero attached hydrogens (tertiary/aromatic N) is 2. The van der Waals surface area contributed by atoms with Crippen LogP contribution >= 0.6 is 11.6 Å². The average Bonchev–Trinajstić information content (AvgIpc) is 2.76. The minimum Gasteiger partial charge on any atom is -0.480 e. The van der Waals surface area contributed by atoms with Crippen LogP contribution in [0.3, 0.4) is 0 Å². The minimum absolute atomic E-state index is 0.301. The Bertz CT molecular complexity index is 755. The predicted octanol–water partition coefficient (Wildman–Crippen LogP) is 2.01. The first-order valence-electron chi connectivity index (χ1n) is 7.20. The van der Waals surface area contributed by atoms with Crippen LogP contribution in [-0.2, 0) is 16.6 Å². The van der Waals surface area contributed by atoms with Crippen LogP contribution in [0.2, 0.25) is 5.02 Å². The molecule has 7 nitrogen and oxygen atoms in total. The Hall–Kier alpha value is -2.54. The number of aliphatic carboxylic acids is 1. The van der Waals surface area contributed by atoms with Crippen molar-refractivity contribution in [3.63, 3.8) is 0 Å². The quantitative estimate of drug-likeness (QED) is 0.830. The van der Waals surface area contributed by atoms with E-state index >= 15 is 0 Å². The van der Waals surface area contributed by atoms with Gasteiger partial charge in [0.05, 0.1) is 5.69 Å². The molecule has 0 spiro atoms. The molecular formula is C16H18ClN3O4. The van der Waals surface area contributed by atoms with Crippen LogP contribution in [0.15, 0.2) is 24.3 Å². The van der Waals surface area contributed by atoms with E-state index < -0.39 is 17.9 Å². The topological polar surface area (TPSA) is 93.5 Å². The van der Waals surface area contributed by atoms with Gasteiger partial charge in [0.25, 0.3) is 5.91 Å². The van der Waals surface area contributed by atoms with E-state index in [1.807, 2.05) is 6.92 Å². The molecule has 2 rings (SSSR count). The molecule has 1 aromatic heterocycles. The van der Waals surface area contributed by atoms with Gasteiger partial charge in [-0.1, -0.05) is 23.7 Å². The number of rotatable bonds is 6. The molecule has 8 heteroatoms. The number of hydrogen-bond donors (Lipinski definition) is 2. The van der Waals surface area contributed by atoms with Crippen molar-refractivity contribution in [2.24, 2.45) is 7.05 Å². The molecule has 24 heavy (non-hydrogen) atoms. The van der Waals surface area contributed by atoms with Gasteiger partial charge in [-0.3, -0.25) is 9.48 Å². The second kappa shape index (κ2) is 7.35. The summed E-state index contributed by atoms with van der Waals surface area (Å²) in [7, 11) is 1.77. The Balaban J connectivity index is 2.03. The van der Waals surface area contributed by atoms with Crippen LogP contribution in [0.4, 0.5) is 0 Å². The maximum absolute atomic E-state index is 12.0. The summed E-state index contributed by atoms with van der Waals surface area (Å²) in [6.07, 6.45) is 0. The largest absolute Gasteiger partial charge is 0.480 e. The molecule has 2 aromatic rings. The van der Waals surface area contributed by atoms with Crippen LogP contribution < -0.4 is 10.1 Å². The molecule has 2 N–H and O–H groups in total. The third-order valence-corrected chi connectivity index (χ3v) is 3.80. The van der Waals surface area contributed by atoms with Crippen molar-refractivity contribution in [3.8, 4) is 5.75 Å². The zero-order chi connectivity index (χ0) is 17.9. The number of aryl methyl sites for hydroxylation is 2. The summed E-state index contributed by atoms with van der Waals surface area (Å²) < 4.78 is 7.13. The number of amides is 1. The number of hydrogen-bond acceptors (Lipinski definition) is 4. The molecule has 0 fully saturated rings. The second-order valence-corrected chi connectivity index (χ2v) is 5.74. The Morgan fingerprint density at radius 2 is 1.96 bits per heavy atom. The highest BCUT2D eigenvalue weighted by Crippen LogP contribution is 2.21. The summed E-state index contributed by atoms with van der Waals surface area (Å²) in [4.78, 5) is 23.5. The lowest BCUT2D eigenvalue weighted by Crippen LogP contribution is -2.36. The number of aromatic nitrogens is 2. The van der Waals surface area contributed by atoms with Crippen molar-refractivity contribution in [1.82, 2.24) is 15.1 Å². The van der Waals surface area contributed by atoms with Gasteiger partial charge in [-0.25, -0.2) is 4.79 Å². The lowest BCUT2D eigenvalue weighted by atomic mass is 10.1. The van der Waals surface area contributed by atoms with Crippen molar-refractivity contribution < 1.29 is 19.4 Å². The number of carboxylic acid groups (broad SMARTS) is 1. The van der Waals surface area contributed by atoms with Crippen LogP contribution in [-0.4, -0.2) is 33.4 Å². The molecule has 0 saturated carbocycles. The third kappa shape index (κ3) is 4.05. The minimum atomic E-state index is -1.17. The van der Waals surface area contributed by atoms with Crippen LogP contribution in [0.25, 0.3) is 0 Å². The molecule has 1 unspecified atom stereocenters. The molecule has 0 bridgehead atoms. The number of carbonyl (C=O) groups excluding carboxylic acids is 1. The first-order chi connectivity index (χ1) is 11.3. The Labute approximate surface area is 144 Å². The summed E-state index contributed by atoms with van der Waals surface area (Å²) in [5, 5.41) is 16.4. The Morgan fingerprint density at radius 3 is 2.46 bits per heavy atom. The zero-order valence-corrected chi connectivity index (χ0v) is 14.3. The van der Waals surface area contributed by atoms with Crippen LogP contribution in [0.1, 0.15) is 23.0 Å². The van der Waals surface area contributed by atoms with Crippen LogP contribution in [0, 0.1) is 13.8 Å². The standard InChI is InChI=1S/C16H18ClN3O4/c1-9-15(10(2)20(3)19-9)24-8-13(21)18-14(16(22)23)11-4-6-12(17)7-5-11/h4-7,14H,8H2,1-3H3,(H,18,21)(H,22,23). The maximum Gasteiger partial charge on any atom is 0.330 e. The van der Waals surface area contributed by atoms with Gasteiger partial charge in [-0.2, -0.15) is 5.10 Å². The van der Waals surface area contributed by atoms with Gasteiger partial charge < -0.3 is 15.2 Å². The highest BCUT2D eigenvalue weighted by Gasteiger charge is 2.22. The molecule has 1 atom stereocenters. The van der Waals surface area contributed by atoms with Crippen molar-refractivity contribution in [2.45, 2.75) is 19.9 Å². The van der Waals surface area contributed by atoms with Crippen molar-refractivity contribution in [1.29, 1.82) is 0 Å². The molecule has 0 aliphatic rings. The fourth-order valence-corrected chi connectivity index (χ4v) is 2.37. The van der Waals surface area contributed by atoms with E-state index in [4.69, 9.17) is 16.3 Å². The summed E-state index contributed by atoms with van der Waals surface area (Å²) >= 11 is 5.79. The summed E-state index contributed by atoms with van der Waals surface area (Å²) in [5.41, 5.74) is 1.87. The summed E-state index contributed by atoms with van der Waals surface area (Å²) in [6, 6.07) is 5.07. The van der Waals surface area contributed by atoms with Crippen molar-refractivity contribution in [3.05, 3.63) is 46.2 Å². The fraction of sp³-hybridized carbons (Fsp3) is 0.312. The first-order valence-corrected chi connectivity index (χ1v) is 7.58. The second-order valence-electron chi connectivity index (χ2n) is 5.30. The molecule has 0 aliphatic heterocycles. The molecular weight excluding hydrogens is 334 g/mol. The number of carboxylic acids is 1. The monoisotopic (exact) mass is 351 g/mol. The van der Waals surface area contributed by atoms with Crippen molar-refractivity contribution in [2.75, 3.05) is 6.61 Å². The number of ether oxygens (including phenoxy) is 1. The molecule has 128 valence electrons. The predicted molar refractivity (Wildman–Crippen MR) is 88.1 cm³/mol. The normalized spacial score (nSPS) is 11.8. The summed E-state index contributed by atoms with van der Waals surface area (Å²) in [6.45, 7) is 3.29. The summed E-state index contributed by atoms with van der Waals surface area (Å²) in [5.74, 6) is -1.19. The van der Waals surface area contributed by atoms with Gasteiger partial charge in [0.1, 0.15) is 5.69 Å². The van der Waals surface area contributed by atoms with Gasteiger partial charge in [0.15, 0.2) is 18.4 Å². The van der Waals surface area contributed by atoms with E-state index in [-0.39, 0.29) is 6.61 Å². The zero-order valence-electron chi connectivity index (χ0n) is 13.5. The van der Waals surface area contributed by atoms with Gasteiger partial charge in [-0.05, 0) is 31.5 Å². The highest BCUT2D eigenvalue weighted by molar-refractivity contribution is 6.30. The Morgan fingerprint density at radius 1 is 1.33 bits per heavy atom. The number of carbonyl (C=O) groups is 2. The maximum atomic E-state index is 12.0. The van der Waals surface area contributed by atoms with Gasteiger partial charge >= 0.3 is 5.97 Å². The Kier molecular flexibility index (Phi) is 5.46. The van der Waals surface area contributed by atoms with Crippen LogP contribution in [0.5, 0.6) is 5.75 Å². The number of benzene rings is 1. The van der Waals surface area contributed by atoms with E-state index in [0.29, 0.717) is 22.0 Å². The first kappa shape index (κ1) is 17.8. The molecule has 1 heterocycles. The number of nitrogens with one attached hydrogen (secondary N) is 1. The molecule has 0 aliphatic carbocycles. The number of halogens is 1. The smallest absolute Gasteiger partial charge is 0.330 e. The molecule has 1 amide bonds. The lowest BCUT2D eigenvalue weighted by molar-refractivity contribution is -0.142. The van der Waals surface area contributed by atoms with Gasteiger partial charge in [0.2, 0.25) is 0 Å². The average molecular weight is 352 g/mol. The van der Waals surface area contributed by atoms with E-state index in [1.54, 1.807) is 42.9 Å². The lowest BCUT2D eigenvalue weighted by Gasteiger charge is -2.15. The fourth-order valence-electron chi connectivity index (χ4n) is 2.25.